The van der Waals surface area contributed by atoms with Crippen molar-refractivity contribution in [2.45, 2.75) is 26.9 Å². The van der Waals surface area contributed by atoms with Gasteiger partial charge in [0.15, 0.2) is 5.76 Å². The Morgan fingerprint density at radius 1 is 1.03 bits per heavy atom. The van der Waals surface area contributed by atoms with E-state index >= 15 is 0 Å². The Labute approximate surface area is 186 Å². The van der Waals surface area contributed by atoms with Crippen molar-refractivity contribution in [2.24, 2.45) is 0 Å². The molecule has 3 aromatic rings. The zero-order chi connectivity index (χ0) is 21.5. The molecule has 0 unspecified atom stereocenters. The van der Waals surface area contributed by atoms with E-state index in [0.717, 1.165) is 39.6 Å². The number of rotatable bonds is 3. The number of fused-ring (bicyclic) bond motifs is 2. The van der Waals surface area contributed by atoms with Crippen LogP contribution in [0.1, 0.15) is 38.2 Å². The Morgan fingerprint density at radius 3 is 2.52 bits per heavy atom. The van der Waals surface area contributed by atoms with Crippen molar-refractivity contribution < 1.29 is 14.3 Å². The average Bonchev–Trinajstić information content (AvgIpc) is 3.07. The molecule has 31 heavy (non-hydrogen) atoms. The smallest absolute Gasteiger partial charge is 0.231 e. The molecule has 156 valence electrons. The van der Waals surface area contributed by atoms with Crippen molar-refractivity contribution in [2.75, 3.05) is 6.73 Å². The molecule has 5 rings (SSSR count). The van der Waals surface area contributed by atoms with Crippen LogP contribution in [0, 0.1) is 13.8 Å². The second kappa shape index (κ2) is 7.88. The summed E-state index contributed by atoms with van der Waals surface area (Å²) in [7, 11) is 0. The summed E-state index contributed by atoms with van der Waals surface area (Å²) in [6.45, 7) is 5.92. The van der Waals surface area contributed by atoms with Crippen LogP contribution in [0.5, 0.6) is 11.5 Å². The molecule has 0 amide bonds. The Hall–Kier alpha value is -3.08. The van der Waals surface area contributed by atoms with Crippen molar-refractivity contribution in [1.82, 2.24) is 4.90 Å². The first-order chi connectivity index (χ1) is 15.0. The summed E-state index contributed by atoms with van der Waals surface area (Å²) in [5.41, 5.74) is 5.76. The van der Waals surface area contributed by atoms with Crippen LogP contribution < -0.4 is 9.47 Å². The van der Waals surface area contributed by atoms with Crippen LogP contribution in [-0.2, 0) is 13.1 Å². The van der Waals surface area contributed by atoms with Gasteiger partial charge in [-0.05, 0) is 49.2 Å². The van der Waals surface area contributed by atoms with Crippen LogP contribution in [0.2, 0.25) is 5.02 Å². The van der Waals surface area contributed by atoms with E-state index in [1.54, 1.807) is 6.08 Å². The summed E-state index contributed by atoms with van der Waals surface area (Å²) in [5.74, 6) is 1.68. The van der Waals surface area contributed by atoms with Gasteiger partial charge >= 0.3 is 0 Å². The van der Waals surface area contributed by atoms with Gasteiger partial charge in [0.05, 0.1) is 5.56 Å². The van der Waals surface area contributed by atoms with Crippen LogP contribution in [0.15, 0.2) is 60.4 Å². The number of benzene rings is 3. The molecule has 0 spiro atoms. The molecule has 0 fully saturated rings. The quantitative estimate of drug-likeness (QED) is 0.482. The first-order valence-electron chi connectivity index (χ1n) is 10.2. The normalized spacial score (nSPS) is 16.6. The molecule has 0 aliphatic carbocycles. The lowest BCUT2D eigenvalue weighted by Gasteiger charge is -2.30. The van der Waals surface area contributed by atoms with Gasteiger partial charge in [0.2, 0.25) is 5.78 Å². The number of hydrogen-bond donors (Lipinski definition) is 0. The summed E-state index contributed by atoms with van der Waals surface area (Å²) >= 11 is 5.99. The predicted molar refractivity (Wildman–Crippen MR) is 121 cm³/mol. The van der Waals surface area contributed by atoms with Crippen LogP contribution in [0.4, 0.5) is 0 Å². The molecule has 0 atom stereocenters. The Kier molecular flexibility index (Phi) is 5.05. The van der Waals surface area contributed by atoms with E-state index in [-0.39, 0.29) is 5.78 Å². The lowest BCUT2D eigenvalue weighted by molar-refractivity contribution is 0.0876. The van der Waals surface area contributed by atoms with Gasteiger partial charge in [-0.1, -0.05) is 53.6 Å². The van der Waals surface area contributed by atoms with E-state index in [1.807, 2.05) is 68.4 Å². The minimum atomic E-state index is -0.0868. The number of carbonyl (C=O) groups is 1. The number of ether oxygens (including phenoxy) is 2. The summed E-state index contributed by atoms with van der Waals surface area (Å²) in [6.07, 6.45) is 1.80. The van der Waals surface area contributed by atoms with Gasteiger partial charge in [-0.25, -0.2) is 0 Å². The van der Waals surface area contributed by atoms with Gasteiger partial charge in [-0.3, -0.25) is 9.69 Å². The molecule has 0 bridgehead atoms. The number of allylic oxidation sites excluding steroid dienone is 1. The standard InChI is InChI=1S/C26H22ClNO3/c1-16-3-5-18(6-4-16)11-23-24(29)22-12-20-14-28(13-19-7-9-21(27)10-8-19)15-30-25(20)17(2)26(22)31-23/h3-12H,13-15H2,1-2H3/b23-11-. The molecule has 4 nitrogen and oxygen atoms in total. The van der Waals surface area contributed by atoms with Crippen LogP contribution in [0.25, 0.3) is 6.08 Å². The average molecular weight is 432 g/mol. The highest BCUT2D eigenvalue weighted by Gasteiger charge is 2.33. The maximum absolute atomic E-state index is 13.1. The second-order valence-electron chi connectivity index (χ2n) is 8.10. The van der Waals surface area contributed by atoms with E-state index in [0.29, 0.717) is 30.3 Å². The topological polar surface area (TPSA) is 38.8 Å². The number of hydrogen-bond acceptors (Lipinski definition) is 4. The predicted octanol–water partition coefficient (Wildman–Crippen LogP) is 5.93. The van der Waals surface area contributed by atoms with Gasteiger partial charge in [-0.2, -0.15) is 0 Å². The summed E-state index contributed by atoms with van der Waals surface area (Å²) in [4.78, 5) is 15.2. The van der Waals surface area contributed by atoms with Gasteiger partial charge in [-0.15, -0.1) is 0 Å². The van der Waals surface area contributed by atoms with Crippen molar-refractivity contribution in [3.8, 4) is 11.5 Å². The van der Waals surface area contributed by atoms with Crippen LogP contribution in [-0.4, -0.2) is 17.4 Å². The molecular formula is C26H22ClNO3. The van der Waals surface area contributed by atoms with Gasteiger partial charge in [0, 0.05) is 29.2 Å². The molecule has 3 aromatic carbocycles. The lowest BCUT2D eigenvalue weighted by Crippen LogP contribution is -2.32. The zero-order valence-electron chi connectivity index (χ0n) is 17.4. The molecule has 5 heteroatoms. The molecule has 2 heterocycles. The summed E-state index contributed by atoms with van der Waals surface area (Å²) in [5, 5.41) is 0.725. The van der Waals surface area contributed by atoms with Crippen molar-refractivity contribution >= 4 is 23.5 Å². The highest BCUT2D eigenvalue weighted by molar-refractivity contribution is 6.30. The van der Waals surface area contributed by atoms with Gasteiger partial charge in [0.1, 0.15) is 18.2 Å². The monoisotopic (exact) mass is 431 g/mol. The van der Waals surface area contributed by atoms with Crippen molar-refractivity contribution in [1.29, 1.82) is 0 Å². The molecule has 0 aromatic heterocycles. The SMILES string of the molecule is Cc1ccc(/C=C2\Oc3c(cc4c(c3C)OCN(Cc3ccc(Cl)cc3)C4)C2=O)cc1. The first kappa shape index (κ1) is 19.9. The number of halogens is 1. The molecule has 2 aliphatic heterocycles. The zero-order valence-corrected chi connectivity index (χ0v) is 18.2. The number of aryl methyl sites for hydroxylation is 1. The fourth-order valence-electron chi connectivity index (χ4n) is 4.06. The van der Waals surface area contributed by atoms with E-state index in [1.165, 1.54) is 5.56 Å². The number of nitrogens with zero attached hydrogens (tertiary/aromatic N) is 1. The van der Waals surface area contributed by atoms with Crippen LogP contribution in [0.3, 0.4) is 0 Å². The van der Waals surface area contributed by atoms with E-state index in [4.69, 9.17) is 21.1 Å². The molecular weight excluding hydrogens is 410 g/mol. The molecule has 0 radical (unpaired) electrons. The molecule has 0 N–H and O–H groups in total. The number of Topliss-reactive ketones (excluding diaryl/α,β-unsaturated/α-hetero) is 1. The molecule has 0 saturated carbocycles. The fourth-order valence-corrected chi connectivity index (χ4v) is 4.19. The summed E-state index contributed by atoms with van der Waals surface area (Å²) in [6, 6.07) is 17.8. The minimum Gasteiger partial charge on any atom is -0.477 e. The minimum absolute atomic E-state index is 0.0868. The molecule has 2 aliphatic rings. The van der Waals surface area contributed by atoms with Crippen molar-refractivity contribution in [3.05, 3.63) is 98.8 Å². The van der Waals surface area contributed by atoms with E-state index < -0.39 is 0 Å². The molecule has 0 saturated heterocycles. The van der Waals surface area contributed by atoms with E-state index in [2.05, 4.69) is 4.90 Å². The van der Waals surface area contributed by atoms with Gasteiger partial charge < -0.3 is 9.47 Å². The van der Waals surface area contributed by atoms with Gasteiger partial charge in [0.25, 0.3) is 0 Å². The highest BCUT2D eigenvalue weighted by Crippen LogP contribution is 2.43. The lowest BCUT2D eigenvalue weighted by atomic mass is 9.99. The Bertz CT molecular complexity index is 1200. The fraction of sp³-hybridized carbons (Fsp3) is 0.192. The third-order valence-electron chi connectivity index (χ3n) is 5.70. The highest BCUT2D eigenvalue weighted by atomic mass is 35.5. The van der Waals surface area contributed by atoms with Crippen molar-refractivity contribution in [3.63, 3.8) is 0 Å². The third kappa shape index (κ3) is 3.85. The second-order valence-corrected chi connectivity index (χ2v) is 8.54. The third-order valence-corrected chi connectivity index (χ3v) is 5.95. The summed E-state index contributed by atoms with van der Waals surface area (Å²) < 4.78 is 12.1. The first-order valence-corrected chi connectivity index (χ1v) is 10.6. The van der Waals surface area contributed by atoms with Crippen LogP contribution >= 0.6 is 11.6 Å². The number of ketones is 1. The largest absolute Gasteiger partial charge is 0.477 e. The number of carbonyl (C=O) groups excluding carboxylic acids is 1. The Morgan fingerprint density at radius 2 is 1.77 bits per heavy atom. The van der Waals surface area contributed by atoms with E-state index in [9.17, 15) is 4.79 Å². The maximum atomic E-state index is 13.1. The Balaban J connectivity index is 1.41. The maximum Gasteiger partial charge on any atom is 0.231 e.